The number of carboxylic acid groups (broad SMARTS) is 1. The third-order valence-corrected chi connectivity index (χ3v) is 7.57. The second-order valence-corrected chi connectivity index (χ2v) is 10.3. The first-order chi connectivity index (χ1) is 16.2. The van der Waals surface area contributed by atoms with Crippen LogP contribution in [0.2, 0.25) is 5.02 Å². The Morgan fingerprint density at radius 1 is 1.35 bits per heavy atom. The Kier molecular flexibility index (Phi) is 6.77. The number of amides is 2. The van der Waals surface area contributed by atoms with Crippen LogP contribution in [-0.4, -0.2) is 69.8 Å². The molecule has 8 nitrogen and oxygen atoms in total. The molecule has 2 bridgehead atoms. The number of carbonyl (C=O) groups is 3. The highest BCUT2D eigenvalue weighted by Gasteiger charge is 2.75. The molecule has 6 atom stereocenters. The zero-order valence-corrected chi connectivity index (χ0v) is 20.1. The fraction of sp³-hybridized carbons (Fsp3) is 0.560. The highest BCUT2D eigenvalue weighted by Crippen LogP contribution is 2.59. The van der Waals surface area contributed by atoms with Gasteiger partial charge in [0.15, 0.2) is 0 Å². The van der Waals surface area contributed by atoms with Crippen molar-refractivity contribution in [2.24, 2.45) is 17.8 Å². The Morgan fingerprint density at radius 3 is 2.59 bits per heavy atom. The minimum Gasteiger partial charge on any atom is -0.481 e. The van der Waals surface area contributed by atoms with Crippen LogP contribution < -0.4 is 4.90 Å². The number of benzene rings is 1. The van der Waals surface area contributed by atoms with Crippen LogP contribution >= 0.6 is 11.6 Å². The van der Waals surface area contributed by atoms with Crippen LogP contribution in [0.1, 0.15) is 33.1 Å². The van der Waals surface area contributed by atoms with E-state index in [2.05, 4.69) is 6.58 Å². The first kappa shape index (κ1) is 24.7. The summed E-state index contributed by atoms with van der Waals surface area (Å²) in [5, 5.41) is 20.7. The number of aliphatic hydroxyl groups excluding tert-OH is 1. The molecule has 0 aliphatic carbocycles. The molecule has 1 aromatic carbocycles. The van der Waals surface area contributed by atoms with Crippen molar-refractivity contribution in [3.05, 3.63) is 41.9 Å². The highest BCUT2D eigenvalue weighted by molar-refractivity contribution is 6.30. The molecule has 2 unspecified atom stereocenters. The number of anilines is 1. The molecule has 2 amide bonds. The molecule has 9 heteroatoms. The zero-order chi connectivity index (χ0) is 24.8. The number of halogens is 1. The Bertz CT molecular complexity index is 982. The van der Waals surface area contributed by atoms with E-state index in [9.17, 15) is 24.6 Å². The molecule has 34 heavy (non-hydrogen) atoms. The number of likely N-dealkylation sites (tertiary alicyclic amines) is 1. The number of ether oxygens (including phenoxy) is 1. The molecular formula is C25H31ClN2O6. The van der Waals surface area contributed by atoms with Crippen LogP contribution in [0, 0.1) is 17.8 Å². The summed E-state index contributed by atoms with van der Waals surface area (Å²) in [4.78, 5) is 43.1. The summed E-state index contributed by atoms with van der Waals surface area (Å²) in [7, 11) is 0. The molecule has 1 spiro atoms. The van der Waals surface area contributed by atoms with Crippen LogP contribution in [0.4, 0.5) is 5.69 Å². The first-order valence-corrected chi connectivity index (χ1v) is 12.1. The fourth-order valence-corrected chi connectivity index (χ4v) is 6.21. The Morgan fingerprint density at radius 2 is 2.03 bits per heavy atom. The summed E-state index contributed by atoms with van der Waals surface area (Å²) >= 11 is 6.04. The van der Waals surface area contributed by atoms with Gasteiger partial charge in [-0.15, -0.1) is 6.58 Å². The van der Waals surface area contributed by atoms with E-state index in [1.165, 1.54) is 9.80 Å². The Hall–Kier alpha value is -2.42. The maximum Gasteiger partial charge on any atom is 0.310 e. The first-order valence-electron chi connectivity index (χ1n) is 11.7. The van der Waals surface area contributed by atoms with Crippen LogP contribution in [-0.2, 0) is 19.1 Å². The molecule has 3 saturated heterocycles. The third-order valence-electron chi connectivity index (χ3n) is 7.32. The minimum atomic E-state index is -1.24. The lowest BCUT2D eigenvalue weighted by Gasteiger charge is -2.39. The summed E-state index contributed by atoms with van der Waals surface area (Å²) < 4.78 is 6.26. The zero-order valence-electron chi connectivity index (χ0n) is 19.4. The number of nitrogens with zero attached hydrogens (tertiary/aromatic N) is 2. The standard InChI is InChI=1S/C25H31ClN2O6/c1-4-11-27(16-7-5-15(26)6-8-16)23(31)21-25-10-9-18(34-25)19(24(32)33)20(25)22(30)28(21)17(13-29)12-14(2)3/h4-8,14,17-21,29H,1,9-13H2,2-3H3,(H,32,33)/t17-,18+,19-,20+,21?,25?/m1/s1. The number of carboxylic acids is 1. The lowest BCUT2D eigenvalue weighted by molar-refractivity contribution is -0.151. The van der Waals surface area contributed by atoms with Gasteiger partial charge in [0.2, 0.25) is 5.91 Å². The second kappa shape index (κ2) is 9.32. The molecule has 3 heterocycles. The van der Waals surface area contributed by atoms with Gasteiger partial charge in [0, 0.05) is 17.3 Å². The molecule has 2 N–H and O–H groups in total. The van der Waals surface area contributed by atoms with Crippen molar-refractivity contribution < 1.29 is 29.3 Å². The van der Waals surface area contributed by atoms with E-state index in [4.69, 9.17) is 16.3 Å². The van der Waals surface area contributed by atoms with Gasteiger partial charge in [0.05, 0.1) is 30.6 Å². The normalized spacial score (nSPS) is 30.5. The molecule has 184 valence electrons. The predicted molar refractivity (Wildman–Crippen MR) is 126 cm³/mol. The topological polar surface area (TPSA) is 107 Å². The largest absolute Gasteiger partial charge is 0.481 e. The van der Waals surface area contributed by atoms with Gasteiger partial charge in [0.25, 0.3) is 5.91 Å². The average Bonchev–Trinajstić information content (AvgIpc) is 3.43. The van der Waals surface area contributed by atoms with Crippen LogP contribution in [0.3, 0.4) is 0 Å². The van der Waals surface area contributed by atoms with Crippen LogP contribution in [0.5, 0.6) is 0 Å². The van der Waals surface area contributed by atoms with Crippen molar-refractivity contribution >= 4 is 35.1 Å². The fourth-order valence-electron chi connectivity index (χ4n) is 6.09. The lowest BCUT2D eigenvalue weighted by Crippen LogP contribution is -2.59. The molecular weight excluding hydrogens is 460 g/mol. The molecule has 3 fully saturated rings. The summed E-state index contributed by atoms with van der Waals surface area (Å²) in [5.41, 5.74) is -0.661. The molecule has 4 rings (SSSR count). The van der Waals surface area contributed by atoms with E-state index in [0.717, 1.165) is 0 Å². The van der Waals surface area contributed by atoms with Gasteiger partial charge >= 0.3 is 5.97 Å². The number of carbonyl (C=O) groups excluding carboxylic acids is 2. The van der Waals surface area contributed by atoms with Crippen molar-refractivity contribution in [1.82, 2.24) is 4.90 Å². The molecule has 0 radical (unpaired) electrons. The average molecular weight is 491 g/mol. The van der Waals surface area contributed by atoms with Crippen LogP contribution in [0.25, 0.3) is 0 Å². The third kappa shape index (κ3) is 3.82. The van der Waals surface area contributed by atoms with Gasteiger partial charge in [-0.1, -0.05) is 31.5 Å². The summed E-state index contributed by atoms with van der Waals surface area (Å²) in [6.07, 6.45) is 2.33. The number of aliphatic carboxylic acids is 1. The summed E-state index contributed by atoms with van der Waals surface area (Å²) in [5.74, 6) is -3.73. The predicted octanol–water partition coefficient (Wildman–Crippen LogP) is 2.73. The van der Waals surface area contributed by atoms with Gasteiger partial charge in [-0.2, -0.15) is 0 Å². The van der Waals surface area contributed by atoms with Gasteiger partial charge in [-0.3, -0.25) is 14.4 Å². The summed E-state index contributed by atoms with van der Waals surface area (Å²) in [6.45, 7) is 7.56. The molecule has 0 saturated carbocycles. The number of fused-ring (bicyclic) bond motifs is 1. The van der Waals surface area contributed by atoms with E-state index in [0.29, 0.717) is 30.0 Å². The van der Waals surface area contributed by atoms with Gasteiger partial charge in [-0.25, -0.2) is 0 Å². The van der Waals surface area contributed by atoms with E-state index >= 15 is 0 Å². The Balaban J connectivity index is 1.82. The van der Waals surface area contributed by atoms with Crippen molar-refractivity contribution in [2.75, 3.05) is 18.1 Å². The number of hydrogen-bond acceptors (Lipinski definition) is 5. The van der Waals surface area contributed by atoms with Crippen LogP contribution in [0.15, 0.2) is 36.9 Å². The SMILES string of the molecule is C=CCN(C(=O)C1N([C@@H](CO)CC(C)C)C(=O)[C@@H]2[C@H](C(=O)O)[C@@H]3CCC12O3)c1ccc(Cl)cc1. The van der Waals surface area contributed by atoms with Crippen molar-refractivity contribution in [3.8, 4) is 0 Å². The van der Waals surface area contributed by atoms with Gasteiger partial charge in [-0.05, 0) is 49.4 Å². The molecule has 1 aromatic rings. The summed E-state index contributed by atoms with van der Waals surface area (Å²) in [6, 6.07) is 5.09. The van der Waals surface area contributed by atoms with Gasteiger partial charge < -0.3 is 24.7 Å². The van der Waals surface area contributed by atoms with E-state index in [-0.39, 0.29) is 25.0 Å². The molecule has 0 aromatic heterocycles. The van der Waals surface area contributed by atoms with Crippen molar-refractivity contribution in [1.29, 1.82) is 0 Å². The van der Waals surface area contributed by atoms with E-state index < -0.39 is 47.5 Å². The maximum atomic E-state index is 14.2. The Labute approximate surface area is 204 Å². The lowest BCUT2D eigenvalue weighted by atomic mass is 9.70. The monoisotopic (exact) mass is 490 g/mol. The minimum absolute atomic E-state index is 0.145. The molecule has 3 aliphatic rings. The van der Waals surface area contributed by atoms with E-state index in [1.807, 2.05) is 13.8 Å². The maximum absolute atomic E-state index is 14.2. The highest BCUT2D eigenvalue weighted by atomic mass is 35.5. The number of aliphatic hydroxyl groups is 1. The molecule has 3 aliphatic heterocycles. The van der Waals surface area contributed by atoms with E-state index in [1.54, 1.807) is 30.3 Å². The number of hydrogen-bond donors (Lipinski definition) is 2. The van der Waals surface area contributed by atoms with Crippen molar-refractivity contribution in [2.45, 2.75) is 56.9 Å². The quantitative estimate of drug-likeness (QED) is 0.515. The van der Waals surface area contributed by atoms with Gasteiger partial charge in [0.1, 0.15) is 11.6 Å². The second-order valence-electron chi connectivity index (χ2n) is 9.82. The number of rotatable bonds is 9. The smallest absolute Gasteiger partial charge is 0.310 e. The van der Waals surface area contributed by atoms with Crippen molar-refractivity contribution in [3.63, 3.8) is 0 Å².